The number of carbonyl (C=O) groups excluding carboxylic acids is 1. The van der Waals surface area contributed by atoms with Crippen LogP contribution in [0.4, 0.5) is 0 Å². The van der Waals surface area contributed by atoms with E-state index >= 15 is 0 Å². The predicted molar refractivity (Wildman–Crippen MR) is 85.3 cm³/mol. The molecule has 3 N–H and O–H groups in total. The highest BCUT2D eigenvalue weighted by molar-refractivity contribution is 9.10. The molecular formula is C16H23BrN2O. The molecule has 1 aromatic rings. The van der Waals surface area contributed by atoms with Gasteiger partial charge in [-0.15, -0.1) is 0 Å². The largest absolute Gasteiger partial charge is 0.349 e. The minimum Gasteiger partial charge on any atom is -0.349 e. The van der Waals surface area contributed by atoms with Crippen LogP contribution in [0.15, 0.2) is 28.7 Å². The molecule has 1 aliphatic rings. The van der Waals surface area contributed by atoms with Crippen molar-refractivity contribution in [2.45, 2.75) is 51.1 Å². The molecule has 1 amide bonds. The molecule has 0 radical (unpaired) electrons. The van der Waals surface area contributed by atoms with Gasteiger partial charge in [-0.25, -0.2) is 0 Å². The molecular weight excluding hydrogens is 316 g/mol. The standard InChI is InChI=1S/C16H23BrN2O/c1-2-15(11-6-8-13(17)9-7-11)19-16(20)12-4-3-5-14(18)10-12/h6-9,12,14-15H,2-5,10,18H2,1H3,(H,19,20). The molecule has 1 aromatic carbocycles. The number of benzene rings is 1. The topological polar surface area (TPSA) is 55.1 Å². The van der Waals surface area contributed by atoms with Crippen molar-refractivity contribution in [1.29, 1.82) is 0 Å². The second kappa shape index (κ2) is 7.23. The summed E-state index contributed by atoms with van der Waals surface area (Å²) in [5, 5.41) is 3.18. The van der Waals surface area contributed by atoms with Crippen molar-refractivity contribution in [3.05, 3.63) is 34.3 Å². The van der Waals surface area contributed by atoms with Gasteiger partial charge in [-0.2, -0.15) is 0 Å². The van der Waals surface area contributed by atoms with Crippen LogP contribution in [0.3, 0.4) is 0 Å². The highest BCUT2D eigenvalue weighted by atomic mass is 79.9. The number of rotatable bonds is 4. The second-order valence-corrected chi connectivity index (χ2v) is 6.56. The first-order valence-corrected chi connectivity index (χ1v) is 8.21. The average Bonchev–Trinajstić information content (AvgIpc) is 2.45. The van der Waals surface area contributed by atoms with Crippen molar-refractivity contribution in [1.82, 2.24) is 5.32 Å². The van der Waals surface area contributed by atoms with Crippen LogP contribution in [-0.2, 0) is 4.79 Å². The zero-order chi connectivity index (χ0) is 14.5. The number of amides is 1. The van der Waals surface area contributed by atoms with Crippen molar-refractivity contribution >= 4 is 21.8 Å². The lowest BCUT2D eigenvalue weighted by Gasteiger charge is -2.27. The van der Waals surface area contributed by atoms with Crippen LogP contribution in [0.2, 0.25) is 0 Å². The van der Waals surface area contributed by atoms with E-state index in [4.69, 9.17) is 5.73 Å². The van der Waals surface area contributed by atoms with Gasteiger partial charge in [-0.1, -0.05) is 41.4 Å². The van der Waals surface area contributed by atoms with Crippen molar-refractivity contribution in [3.8, 4) is 0 Å². The third-order valence-corrected chi connectivity index (χ3v) is 4.61. The zero-order valence-electron chi connectivity index (χ0n) is 11.9. The Hall–Kier alpha value is -0.870. The van der Waals surface area contributed by atoms with E-state index in [9.17, 15) is 4.79 Å². The van der Waals surface area contributed by atoms with E-state index in [1.54, 1.807) is 0 Å². The van der Waals surface area contributed by atoms with Gasteiger partial charge < -0.3 is 11.1 Å². The summed E-state index contributed by atoms with van der Waals surface area (Å²) < 4.78 is 1.06. The molecule has 0 bridgehead atoms. The number of hydrogen-bond acceptors (Lipinski definition) is 2. The summed E-state index contributed by atoms with van der Waals surface area (Å²) in [6.45, 7) is 2.10. The Kier molecular flexibility index (Phi) is 5.61. The Labute approximate surface area is 129 Å². The number of nitrogens with two attached hydrogens (primary N) is 1. The van der Waals surface area contributed by atoms with Crippen LogP contribution in [0.5, 0.6) is 0 Å². The maximum absolute atomic E-state index is 12.4. The number of carbonyl (C=O) groups is 1. The summed E-state index contributed by atoms with van der Waals surface area (Å²) in [5.74, 6) is 0.248. The molecule has 3 unspecified atom stereocenters. The van der Waals surface area contributed by atoms with Crippen LogP contribution in [0, 0.1) is 5.92 Å². The summed E-state index contributed by atoms with van der Waals surface area (Å²) >= 11 is 3.44. The van der Waals surface area contributed by atoms with Crippen LogP contribution in [0.25, 0.3) is 0 Å². The third-order valence-electron chi connectivity index (χ3n) is 4.08. The molecule has 20 heavy (non-hydrogen) atoms. The van der Waals surface area contributed by atoms with Crippen molar-refractivity contribution in [3.63, 3.8) is 0 Å². The average molecular weight is 339 g/mol. The molecule has 0 aliphatic heterocycles. The second-order valence-electron chi connectivity index (χ2n) is 5.64. The fourth-order valence-corrected chi connectivity index (χ4v) is 3.14. The van der Waals surface area contributed by atoms with E-state index in [2.05, 4.69) is 40.3 Å². The van der Waals surface area contributed by atoms with E-state index in [0.717, 1.165) is 42.1 Å². The van der Waals surface area contributed by atoms with E-state index in [0.29, 0.717) is 0 Å². The van der Waals surface area contributed by atoms with Gasteiger partial charge in [0.15, 0.2) is 0 Å². The molecule has 3 nitrogen and oxygen atoms in total. The van der Waals surface area contributed by atoms with Crippen LogP contribution in [-0.4, -0.2) is 11.9 Å². The zero-order valence-corrected chi connectivity index (χ0v) is 13.5. The first-order valence-electron chi connectivity index (χ1n) is 7.41. The molecule has 0 heterocycles. The maximum Gasteiger partial charge on any atom is 0.223 e. The van der Waals surface area contributed by atoms with E-state index in [1.165, 1.54) is 0 Å². The Morgan fingerprint density at radius 2 is 2.10 bits per heavy atom. The molecule has 0 spiro atoms. The SMILES string of the molecule is CCC(NC(=O)C1CCCC(N)C1)c1ccc(Br)cc1. The Balaban J connectivity index is 1.98. The molecule has 1 fully saturated rings. The monoisotopic (exact) mass is 338 g/mol. The van der Waals surface area contributed by atoms with E-state index in [1.807, 2.05) is 12.1 Å². The van der Waals surface area contributed by atoms with Crippen molar-refractivity contribution in [2.24, 2.45) is 11.7 Å². The van der Waals surface area contributed by atoms with Gasteiger partial charge in [-0.05, 0) is 43.4 Å². The molecule has 2 rings (SSSR count). The first kappa shape index (κ1) is 15.5. The maximum atomic E-state index is 12.4. The van der Waals surface area contributed by atoms with Crippen LogP contribution >= 0.6 is 15.9 Å². The molecule has 3 atom stereocenters. The van der Waals surface area contributed by atoms with Gasteiger partial charge in [0.25, 0.3) is 0 Å². The fraction of sp³-hybridized carbons (Fsp3) is 0.562. The summed E-state index contributed by atoms with van der Waals surface area (Å²) in [5.41, 5.74) is 7.13. The summed E-state index contributed by atoms with van der Waals surface area (Å²) in [6, 6.07) is 8.43. The van der Waals surface area contributed by atoms with Gasteiger partial charge in [0, 0.05) is 16.4 Å². The minimum atomic E-state index is 0.0863. The molecule has 4 heteroatoms. The van der Waals surface area contributed by atoms with Crippen LogP contribution < -0.4 is 11.1 Å². The Morgan fingerprint density at radius 3 is 2.70 bits per heavy atom. The molecule has 1 saturated carbocycles. The van der Waals surface area contributed by atoms with Gasteiger partial charge >= 0.3 is 0 Å². The summed E-state index contributed by atoms with van der Waals surface area (Å²) in [4.78, 5) is 12.4. The Bertz CT molecular complexity index is 446. The van der Waals surface area contributed by atoms with Crippen LogP contribution in [0.1, 0.15) is 50.6 Å². The smallest absolute Gasteiger partial charge is 0.223 e. The minimum absolute atomic E-state index is 0.0863. The lowest BCUT2D eigenvalue weighted by atomic mass is 9.85. The third kappa shape index (κ3) is 4.06. The molecule has 110 valence electrons. The first-order chi connectivity index (χ1) is 9.60. The number of nitrogens with one attached hydrogen (secondary N) is 1. The van der Waals surface area contributed by atoms with E-state index in [-0.39, 0.29) is 23.9 Å². The van der Waals surface area contributed by atoms with Crippen molar-refractivity contribution in [2.75, 3.05) is 0 Å². The number of halogens is 1. The predicted octanol–water partition coefficient (Wildman–Crippen LogP) is 3.53. The highest BCUT2D eigenvalue weighted by Crippen LogP contribution is 2.25. The van der Waals surface area contributed by atoms with Gasteiger partial charge in [0.05, 0.1) is 6.04 Å². The van der Waals surface area contributed by atoms with Crippen molar-refractivity contribution < 1.29 is 4.79 Å². The highest BCUT2D eigenvalue weighted by Gasteiger charge is 2.26. The molecule has 0 aromatic heterocycles. The fourth-order valence-electron chi connectivity index (χ4n) is 2.87. The molecule has 1 aliphatic carbocycles. The normalized spacial score (nSPS) is 24.1. The van der Waals surface area contributed by atoms with E-state index < -0.39 is 0 Å². The van der Waals surface area contributed by atoms with Gasteiger partial charge in [0.1, 0.15) is 0 Å². The van der Waals surface area contributed by atoms with Gasteiger partial charge in [-0.3, -0.25) is 4.79 Å². The summed E-state index contributed by atoms with van der Waals surface area (Å²) in [7, 11) is 0. The quantitative estimate of drug-likeness (QED) is 0.882. The summed E-state index contributed by atoms with van der Waals surface area (Å²) in [6.07, 6.45) is 4.80. The lowest BCUT2D eigenvalue weighted by Crippen LogP contribution is -2.39. The molecule has 0 saturated heterocycles. The Morgan fingerprint density at radius 1 is 1.40 bits per heavy atom. The van der Waals surface area contributed by atoms with Gasteiger partial charge in [0.2, 0.25) is 5.91 Å². The lowest BCUT2D eigenvalue weighted by molar-refractivity contribution is -0.126. The number of hydrogen-bond donors (Lipinski definition) is 2.